The summed E-state index contributed by atoms with van der Waals surface area (Å²) in [4.78, 5) is 35.7. The number of benzene rings is 1. The number of hydrogen-bond donors (Lipinski definition) is 2. The van der Waals surface area contributed by atoms with E-state index in [4.69, 9.17) is 4.74 Å². The number of para-hydroxylation sites is 1. The molecule has 0 spiro atoms. The number of rotatable bonds is 5. The molecule has 25 heavy (non-hydrogen) atoms. The number of carbonyl (C=O) groups is 2. The van der Waals surface area contributed by atoms with E-state index in [-0.39, 0.29) is 5.69 Å². The molecule has 0 unspecified atom stereocenters. The predicted molar refractivity (Wildman–Crippen MR) is 92.0 cm³/mol. The molecule has 7 nitrogen and oxygen atoms in total. The molecule has 0 aliphatic rings. The lowest BCUT2D eigenvalue weighted by Gasteiger charge is -2.16. The molecular formula is C18H18N4O3. The smallest absolute Gasteiger partial charge is 0.328 e. The Morgan fingerprint density at radius 2 is 2.08 bits per heavy atom. The van der Waals surface area contributed by atoms with Crippen LogP contribution in [0.5, 0.6) is 0 Å². The highest BCUT2D eigenvalue weighted by Gasteiger charge is 2.24. The third-order valence-electron chi connectivity index (χ3n) is 3.90. The lowest BCUT2D eigenvalue weighted by Crippen LogP contribution is -2.43. The Morgan fingerprint density at radius 1 is 1.28 bits per heavy atom. The van der Waals surface area contributed by atoms with Gasteiger partial charge in [-0.2, -0.15) is 0 Å². The molecular weight excluding hydrogens is 320 g/mol. The molecule has 1 atom stereocenters. The SMILES string of the molecule is COC(=O)[C@@H](Cc1c[nH]c2ccccc12)NC(=O)c1ccnc(C)n1. The number of aromatic amines is 1. The summed E-state index contributed by atoms with van der Waals surface area (Å²) in [5, 5.41) is 3.70. The first-order chi connectivity index (χ1) is 12.1. The van der Waals surface area contributed by atoms with Crippen molar-refractivity contribution in [2.24, 2.45) is 0 Å². The van der Waals surface area contributed by atoms with Gasteiger partial charge >= 0.3 is 5.97 Å². The van der Waals surface area contributed by atoms with Gasteiger partial charge in [-0.05, 0) is 24.6 Å². The highest BCUT2D eigenvalue weighted by atomic mass is 16.5. The third-order valence-corrected chi connectivity index (χ3v) is 3.90. The fourth-order valence-electron chi connectivity index (χ4n) is 2.67. The summed E-state index contributed by atoms with van der Waals surface area (Å²) in [6.45, 7) is 1.69. The number of aryl methyl sites for hydroxylation is 1. The Morgan fingerprint density at radius 3 is 2.84 bits per heavy atom. The highest BCUT2D eigenvalue weighted by Crippen LogP contribution is 2.19. The normalized spacial score (nSPS) is 11.9. The standard InChI is InChI=1S/C18H18N4O3/c1-11-19-8-7-15(21-11)17(23)22-16(18(24)25-2)9-12-10-20-14-6-4-3-5-13(12)14/h3-8,10,16,20H,9H2,1-2H3,(H,22,23)/t16-/m1/s1. The van der Waals surface area contributed by atoms with Gasteiger partial charge in [0.2, 0.25) is 0 Å². The van der Waals surface area contributed by atoms with Crippen molar-refractivity contribution in [3.05, 3.63) is 59.8 Å². The van der Waals surface area contributed by atoms with E-state index in [0.29, 0.717) is 12.2 Å². The fraction of sp³-hybridized carbons (Fsp3) is 0.222. The van der Waals surface area contributed by atoms with Crippen molar-refractivity contribution in [2.45, 2.75) is 19.4 Å². The van der Waals surface area contributed by atoms with E-state index in [1.165, 1.54) is 19.4 Å². The van der Waals surface area contributed by atoms with E-state index in [0.717, 1.165) is 16.5 Å². The molecule has 0 bridgehead atoms. The molecule has 2 N–H and O–H groups in total. The summed E-state index contributed by atoms with van der Waals surface area (Å²) < 4.78 is 4.84. The molecule has 7 heteroatoms. The number of aromatic nitrogens is 3. The maximum absolute atomic E-state index is 12.4. The summed E-state index contributed by atoms with van der Waals surface area (Å²) >= 11 is 0. The van der Waals surface area contributed by atoms with Crippen molar-refractivity contribution in [3.63, 3.8) is 0 Å². The van der Waals surface area contributed by atoms with Gasteiger partial charge in [0.1, 0.15) is 17.6 Å². The lowest BCUT2D eigenvalue weighted by molar-refractivity contribution is -0.142. The molecule has 0 aliphatic carbocycles. The molecule has 0 saturated carbocycles. The number of amides is 1. The number of fused-ring (bicyclic) bond motifs is 1. The first kappa shape index (κ1) is 16.6. The number of carbonyl (C=O) groups excluding carboxylic acids is 2. The summed E-state index contributed by atoms with van der Waals surface area (Å²) in [5.41, 5.74) is 2.10. The molecule has 2 heterocycles. The van der Waals surface area contributed by atoms with Gasteiger partial charge in [-0.15, -0.1) is 0 Å². The maximum atomic E-state index is 12.4. The Bertz CT molecular complexity index is 919. The number of nitrogens with one attached hydrogen (secondary N) is 2. The molecule has 2 aromatic heterocycles. The first-order valence-corrected chi connectivity index (χ1v) is 7.82. The van der Waals surface area contributed by atoms with Crippen molar-refractivity contribution in [2.75, 3.05) is 7.11 Å². The summed E-state index contributed by atoms with van der Waals surface area (Å²) in [6, 6.07) is 8.46. The van der Waals surface area contributed by atoms with Crippen LogP contribution < -0.4 is 5.32 Å². The Kier molecular flexibility index (Phi) is 4.74. The number of esters is 1. The number of H-pyrrole nitrogens is 1. The number of nitrogens with zero attached hydrogens (tertiary/aromatic N) is 2. The maximum Gasteiger partial charge on any atom is 0.328 e. The largest absolute Gasteiger partial charge is 0.467 e. The minimum absolute atomic E-state index is 0.209. The van der Waals surface area contributed by atoms with Crippen LogP contribution in [0.25, 0.3) is 10.9 Å². The fourth-order valence-corrected chi connectivity index (χ4v) is 2.67. The minimum Gasteiger partial charge on any atom is -0.467 e. The molecule has 1 aromatic carbocycles. The minimum atomic E-state index is -0.813. The van der Waals surface area contributed by atoms with Crippen LogP contribution in [0.2, 0.25) is 0 Å². The monoisotopic (exact) mass is 338 g/mol. The quantitative estimate of drug-likeness (QED) is 0.691. The molecule has 3 aromatic rings. The predicted octanol–water partition coefficient (Wildman–Crippen LogP) is 1.78. The van der Waals surface area contributed by atoms with Crippen molar-refractivity contribution < 1.29 is 14.3 Å². The van der Waals surface area contributed by atoms with Gasteiger partial charge in [-0.3, -0.25) is 4.79 Å². The number of ether oxygens (including phenoxy) is 1. The van der Waals surface area contributed by atoms with Gasteiger partial charge < -0.3 is 15.0 Å². The first-order valence-electron chi connectivity index (χ1n) is 7.82. The molecule has 1 amide bonds. The number of methoxy groups -OCH3 is 1. The van der Waals surface area contributed by atoms with Gasteiger partial charge in [0.25, 0.3) is 5.91 Å². The van der Waals surface area contributed by atoms with Gasteiger partial charge in [0, 0.05) is 29.7 Å². The van der Waals surface area contributed by atoms with Crippen molar-refractivity contribution >= 4 is 22.8 Å². The highest BCUT2D eigenvalue weighted by molar-refractivity contribution is 5.95. The second kappa shape index (κ2) is 7.12. The van der Waals surface area contributed by atoms with E-state index in [1.807, 2.05) is 30.5 Å². The van der Waals surface area contributed by atoms with Crippen molar-refractivity contribution in [3.8, 4) is 0 Å². The van der Waals surface area contributed by atoms with E-state index in [9.17, 15) is 9.59 Å². The third kappa shape index (κ3) is 3.65. The van der Waals surface area contributed by atoms with Gasteiger partial charge in [-0.1, -0.05) is 18.2 Å². The van der Waals surface area contributed by atoms with Crippen molar-refractivity contribution in [1.82, 2.24) is 20.3 Å². The molecule has 0 aliphatic heterocycles. The van der Waals surface area contributed by atoms with Gasteiger partial charge in [0.05, 0.1) is 7.11 Å². The van der Waals surface area contributed by atoms with Crippen LogP contribution in [0.4, 0.5) is 0 Å². The van der Waals surface area contributed by atoms with E-state index >= 15 is 0 Å². The van der Waals surface area contributed by atoms with Crippen molar-refractivity contribution in [1.29, 1.82) is 0 Å². The van der Waals surface area contributed by atoms with E-state index < -0.39 is 17.9 Å². The summed E-state index contributed by atoms with van der Waals surface area (Å²) in [5.74, 6) is -0.468. The zero-order valence-electron chi connectivity index (χ0n) is 13.9. The van der Waals surface area contributed by atoms with Crippen LogP contribution in [0.1, 0.15) is 21.9 Å². The van der Waals surface area contributed by atoms with E-state index in [1.54, 1.807) is 6.92 Å². The Labute approximate surface area is 144 Å². The molecule has 128 valence electrons. The Hall–Kier alpha value is -3.22. The molecule has 0 saturated heterocycles. The van der Waals surface area contributed by atoms with Crippen LogP contribution in [-0.2, 0) is 16.0 Å². The topological polar surface area (TPSA) is 97.0 Å². The van der Waals surface area contributed by atoms with Crippen LogP contribution in [0.3, 0.4) is 0 Å². The second-order valence-electron chi connectivity index (χ2n) is 5.60. The molecule has 0 radical (unpaired) electrons. The summed E-state index contributed by atoms with van der Waals surface area (Å²) in [7, 11) is 1.30. The second-order valence-corrected chi connectivity index (χ2v) is 5.60. The van der Waals surface area contributed by atoms with E-state index in [2.05, 4.69) is 20.3 Å². The van der Waals surface area contributed by atoms with Crippen LogP contribution in [-0.4, -0.2) is 40.0 Å². The van der Waals surface area contributed by atoms with Crippen LogP contribution in [0, 0.1) is 6.92 Å². The average Bonchev–Trinajstić information content (AvgIpc) is 3.03. The molecule has 3 rings (SSSR count). The molecule has 0 fully saturated rings. The zero-order valence-corrected chi connectivity index (χ0v) is 13.9. The summed E-state index contributed by atoms with van der Waals surface area (Å²) in [6.07, 6.45) is 3.65. The Balaban J connectivity index is 1.83. The van der Waals surface area contributed by atoms with Crippen LogP contribution >= 0.6 is 0 Å². The zero-order chi connectivity index (χ0) is 17.8. The lowest BCUT2D eigenvalue weighted by atomic mass is 10.0. The van der Waals surface area contributed by atoms with Crippen LogP contribution in [0.15, 0.2) is 42.7 Å². The average molecular weight is 338 g/mol. The van der Waals surface area contributed by atoms with Gasteiger partial charge in [-0.25, -0.2) is 14.8 Å². The van der Waals surface area contributed by atoms with Gasteiger partial charge in [0.15, 0.2) is 0 Å². The number of hydrogen-bond acceptors (Lipinski definition) is 5.